The Balaban J connectivity index is 0.000000292. The van der Waals surface area contributed by atoms with E-state index in [4.69, 9.17) is 10.8 Å². The Kier molecular flexibility index (Phi) is 5.37. The number of carboxylic acids is 1. The van der Waals surface area contributed by atoms with E-state index in [0.717, 1.165) is 5.56 Å². The summed E-state index contributed by atoms with van der Waals surface area (Å²) in [5.41, 5.74) is 7.30. The lowest BCUT2D eigenvalue weighted by Crippen LogP contribution is -2.19. The molecule has 24 heavy (non-hydrogen) atoms. The molecule has 124 valence electrons. The van der Waals surface area contributed by atoms with Gasteiger partial charge in [0.05, 0.1) is 16.6 Å². The monoisotopic (exact) mass is 324 g/mol. The number of aromatic carboxylic acids is 1. The average Bonchev–Trinajstić information content (AvgIpc) is 2.59. The Morgan fingerprint density at radius 2 is 1.67 bits per heavy atom. The number of fused-ring (bicyclic) bond motifs is 1. The number of carbonyl (C=O) groups is 1. The quantitative estimate of drug-likeness (QED) is 0.630. The number of pyridine rings is 1. The summed E-state index contributed by atoms with van der Waals surface area (Å²) < 4.78 is 0. The highest BCUT2D eigenvalue weighted by Gasteiger charge is 2.17. The zero-order valence-corrected chi connectivity index (χ0v) is 13.7. The fourth-order valence-electron chi connectivity index (χ4n) is 2.52. The van der Waals surface area contributed by atoms with E-state index >= 15 is 0 Å². The van der Waals surface area contributed by atoms with Crippen molar-refractivity contribution in [2.45, 2.75) is 20.3 Å². The van der Waals surface area contributed by atoms with Crippen molar-refractivity contribution in [3.63, 3.8) is 0 Å². The Morgan fingerprint density at radius 3 is 2.12 bits per heavy atom. The van der Waals surface area contributed by atoms with E-state index in [1.807, 2.05) is 36.4 Å². The van der Waals surface area contributed by atoms with Crippen LogP contribution in [-0.2, 0) is 6.42 Å². The Hall–Kier alpha value is -3.08. The van der Waals surface area contributed by atoms with Crippen molar-refractivity contribution in [2.75, 3.05) is 5.73 Å². The van der Waals surface area contributed by atoms with Crippen molar-refractivity contribution in [1.82, 2.24) is 4.98 Å². The van der Waals surface area contributed by atoms with Gasteiger partial charge in [0.2, 0.25) is 0 Å². The molecule has 0 aliphatic rings. The molecule has 0 unspecified atom stereocenters. The van der Waals surface area contributed by atoms with E-state index in [1.54, 1.807) is 26.0 Å². The van der Waals surface area contributed by atoms with E-state index in [2.05, 4.69) is 4.98 Å². The standard InChI is InChI=1S/C13H14N2O3.C6H6/c1-3-7-10(13(17)18)15-11-8(14)5-4-6(2)9(11)12(7)16;1-2-4-6-5-3-1/h4-5H,3,14H2,1-2H3,(H,15,16)(H,17,18);1-6H. The minimum Gasteiger partial charge on any atom is -0.477 e. The molecule has 0 saturated carbocycles. The molecule has 4 N–H and O–H groups in total. The molecule has 3 rings (SSSR count). The van der Waals surface area contributed by atoms with Crippen molar-refractivity contribution in [2.24, 2.45) is 0 Å². The van der Waals surface area contributed by atoms with Gasteiger partial charge < -0.3 is 15.8 Å². The number of aromatic amines is 1. The zero-order chi connectivity index (χ0) is 17.7. The fraction of sp³-hybridized carbons (Fsp3) is 0.158. The van der Waals surface area contributed by atoms with Crippen LogP contribution in [0.2, 0.25) is 0 Å². The van der Waals surface area contributed by atoms with Gasteiger partial charge >= 0.3 is 5.97 Å². The number of anilines is 1. The highest BCUT2D eigenvalue weighted by Crippen LogP contribution is 2.21. The average molecular weight is 324 g/mol. The minimum atomic E-state index is -1.15. The van der Waals surface area contributed by atoms with Crippen molar-refractivity contribution >= 4 is 22.6 Å². The Morgan fingerprint density at radius 1 is 1.12 bits per heavy atom. The van der Waals surface area contributed by atoms with Crippen molar-refractivity contribution < 1.29 is 9.90 Å². The third-order valence-corrected chi connectivity index (χ3v) is 3.73. The van der Waals surface area contributed by atoms with Crippen LogP contribution in [0.3, 0.4) is 0 Å². The first-order valence-corrected chi connectivity index (χ1v) is 7.64. The van der Waals surface area contributed by atoms with Crippen LogP contribution >= 0.6 is 0 Å². The maximum absolute atomic E-state index is 12.3. The minimum absolute atomic E-state index is 0.0766. The summed E-state index contributed by atoms with van der Waals surface area (Å²) in [7, 11) is 0. The molecule has 0 bridgehead atoms. The Bertz CT molecular complexity index is 889. The van der Waals surface area contributed by atoms with Crippen LogP contribution in [0, 0.1) is 6.92 Å². The first-order valence-electron chi connectivity index (χ1n) is 7.64. The summed E-state index contributed by atoms with van der Waals surface area (Å²) in [5.74, 6) is -1.15. The van der Waals surface area contributed by atoms with Gasteiger partial charge in [0.15, 0.2) is 5.43 Å². The lowest BCUT2D eigenvalue weighted by Gasteiger charge is -2.10. The predicted molar refractivity (Wildman–Crippen MR) is 96.5 cm³/mol. The molecular formula is C19H20N2O3. The normalized spacial score (nSPS) is 10.1. The summed E-state index contributed by atoms with van der Waals surface area (Å²) in [5, 5.41) is 9.60. The molecule has 0 spiro atoms. The topological polar surface area (TPSA) is 96.2 Å². The number of rotatable bonds is 2. The molecular weight excluding hydrogens is 304 g/mol. The molecule has 3 aromatic rings. The van der Waals surface area contributed by atoms with Gasteiger partial charge in [-0.1, -0.05) is 49.4 Å². The first kappa shape index (κ1) is 17.3. The third-order valence-electron chi connectivity index (χ3n) is 3.73. The van der Waals surface area contributed by atoms with Gasteiger partial charge in [-0.05, 0) is 25.0 Å². The summed E-state index contributed by atoms with van der Waals surface area (Å²) in [6.07, 6.45) is 0.362. The zero-order valence-electron chi connectivity index (χ0n) is 13.7. The van der Waals surface area contributed by atoms with E-state index in [-0.39, 0.29) is 16.7 Å². The molecule has 5 nitrogen and oxygen atoms in total. The maximum atomic E-state index is 12.3. The molecule has 0 saturated heterocycles. The van der Waals surface area contributed by atoms with Crippen LogP contribution in [0.25, 0.3) is 10.9 Å². The Labute approximate surface area is 139 Å². The van der Waals surface area contributed by atoms with Gasteiger partial charge in [-0.15, -0.1) is 0 Å². The number of aromatic nitrogens is 1. The molecule has 0 radical (unpaired) electrons. The summed E-state index contributed by atoms with van der Waals surface area (Å²) >= 11 is 0. The largest absolute Gasteiger partial charge is 0.477 e. The summed E-state index contributed by atoms with van der Waals surface area (Å²) in [4.78, 5) is 26.3. The summed E-state index contributed by atoms with van der Waals surface area (Å²) in [6, 6.07) is 15.4. The second kappa shape index (κ2) is 7.46. The van der Waals surface area contributed by atoms with Gasteiger partial charge in [-0.25, -0.2) is 4.79 Å². The lowest BCUT2D eigenvalue weighted by atomic mass is 10.0. The second-order valence-corrected chi connectivity index (χ2v) is 5.34. The molecule has 5 heteroatoms. The first-order chi connectivity index (χ1) is 11.5. The number of carboxylic acid groups (broad SMARTS) is 1. The van der Waals surface area contributed by atoms with Gasteiger partial charge in [0.25, 0.3) is 0 Å². The van der Waals surface area contributed by atoms with Gasteiger partial charge in [0.1, 0.15) is 5.69 Å². The lowest BCUT2D eigenvalue weighted by molar-refractivity contribution is 0.0689. The van der Waals surface area contributed by atoms with Crippen LogP contribution < -0.4 is 11.2 Å². The number of benzene rings is 2. The van der Waals surface area contributed by atoms with Crippen molar-refractivity contribution in [3.05, 3.63) is 75.6 Å². The van der Waals surface area contributed by atoms with E-state index in [0.29, 0.717) is 23.0 Å². The van der Waals surface area contributed by atoms with Gasteiger partial charge in [0, 0.05) is 5.56 Å². The van der Waals surface area contributed by atoms with Gasteiger partial charge in [-0.3, -0.25) is 4.79 Å². The molecule has 0 aliphatic heterocycles. The van der Waals surface area contributed by atoms with Crippen molar-refractivity contribution in [1.29, 1.82) is 0 Å². The summed E-state index contributed by atoms with van der Waals surface area (Å²) in [6.45, 7) is 3.56. The number of nitrogens with two attached hydrogens (primary N) is 1. The van der Waals surface area contributed by atoms with Crippen LogP contribution in [0.15, 0.2) is 53.3 Å². The van der Waals surface area contributed by atoms with Crippen LogP contribution in [0.5, 0.6) is 0 Å². The van der Waals surface area contributed by atoms with Crippen LogP contribution in [0.4, 0.5) is 5.69 Å². The molecule has 0 aliphatic carbocycles. The molecule has 1 heterocycles. The number of hydrogen-bond acceptors (Lipinski definition) is 3. The van der Waals surface area contributed by atoms with Crippen LogP contribution in [0.1, 0.15) is 28.5 Å². The number of H-pyrrole nitrogens is 1. The number of nitrogens with one attached hydrogen (secondary N) is 1. The smallest absolute Gasteiger partial charge is 0.352 e. The second-order valence-electron chi connectivity index (χ2n) is 5.34. The third kappa shape index (κ3) is 3.46. The highest BCUT2D eigenvalue weighted by atomic mass is 16.4. The SMILES string of the molecule is CCc1c(C(=O)O)[nH]c2c(N)ccc(C)c2c1=O.c1ccccc1. The molecule has 2 aromatic carbocycles. The number of aryl methyl sites for hydroxylation is 1. The van der Waals surface area contributed by atoms with E-state index in [9.17, 15) is 9.59 Å². The molecule has 1 aromatic heterocycles. The van der Waals surface area contributed by atoms with E-state index < -0.39 is 5.97 Å². The highest BCUT2D eigenvalue weighted by molar-refractivity contribution is 5.97. The van der Waals surface area contributed by atoms with Crippen molar-refractivity contribution in [3.8, 4) is 0 Å². The van der Waals surface area contributed by atoms with E-state index in [1.165, 1.54) is 0 Å². The molecule has 0 amide bonds. The van der Waals surface area contributed by atoms with Gasteiger partial charge in [-0.2, -0.15) is 0 Å². The molecule has 0 atom stereocenters. The maximum Gasteiger partial charge on any atom is 0.352 e. The number of hydrogen-bond donors (Lipinski definition) is 3. The fourth-order valence-corrected chi connectivity index (χ4v) is 2.52. The van der Waals surface area contributed by atoms with Crippen LogP contribution in [-0.4, -0.2) is 16.1 Å². The number of nitrogen functional groups attached to an aromatic ring is 1. The predicted octanol–water partition coefficient (Wildman–Crippen LogP) is 3.37. The molecule has 0 fully saturated rings.